The third-order valence-corrected chi connectivity index (χ3v) is 4.36. The van der Waals surface area contributed by atoms with E-state index in [4.69, 9.17) is 4.74 Å². The van der Waals surface area contributed by atoms with Crippen LogP contribution in [0.15, 0.2) is 0 Å². The van der Waals surface area contributed by atoms with Gasteiger partial charge in [-0.15, -0.1) is 0 Å². The minimum absolute atomic E-state index is 0.238. The van der Waals surface area contributed by atoms with Crippen LogP contribution in [-0.2, 0) is 17.6 Å². The van der Waals surface area contributed by atoms with Crippen molar-refractivity contribution in [3.63, 3.8) is 0 Å². The molecular weight excluding hydrogens is 216 g/mol. The summed E-state index contributed by atoms with van der Waals surface area (Å²) in [5.41, 5.74) is 3.50. The molecule has 3 rings (SSSR count). The third kappa shape index (κ3) is 1.79. The van der Waals surface area contributed by atoms with Gasteiger partial charge in [0.05, 0.1) is 11.8 Å². The number of nitrogens with one attached hydrogen (secondary N) is 1. The van der Waals surface area contributed by atoms with Crippen molar-refractivity contribution in [1.82, 2.24) is 10.2 Å². The van der Waals surface area contributed by atoms with Crippen molar-refractivity contribution in [3.8, 4) is 0 Å². The van der Waals surface area contributed by atoms with Crippen molar-refractivity contribution in [3.05, 3.63) is 17.0 Å². The van der Waals surface area contributed by atoms with Gasteiger partial charge in [0.25, 0.3) is 0 Å². The van der Waals surface area contributed by atoms with Crippen LogP contribution in [0, 0.1) is 5.41 Å². The van der Waals surface area contributed by atoms with Gasteiger partial charge >= 0.3 is 0 Å². The van der Waals surface area contributed by atoms with E-state index in [1.54, 1.807) is 0 Å². The van der Waals surface area contributed by atoms with Gasteiger partial charge < -0.3 is 9.84 Å². The SMILES string of the molecule is CCc1n[nH]c2c1C(O)CC1(CCOCC1)C2. The predicted molar refractivity (Wildman–Crippen MR) is 63.7 cm³/mol. The predicted octanol–water partition coefficient (Wildman–Crippen LogP) is 1.75. The molecule has 4 heteroatoms. The second-order valence-corrected chi connectivity index (χ2v) is 5.43. The number of H-pyrrole nitrogens is 1. The topological polar surface area (TPSA) is 58.1 Å². The average Bonchev–Trinajstić information content (AvgIpc) is 2.73. The van der Waals surface area contributed by atoms with E-state index in [0.717, 1.165) is 62.3 Å². The van der Waals surface area contributed by atoms with Crippen molar-refractivity contribution < 1.29 is 9.84 Å². The number of hydrogen-bond donors (Lipinski definition) is 2. The molecule has 1 aromatic heterocycles. The first-order chi connectivity index (χ1) is 8.24. The van der Waals surface area contributed by atoms with Gasteiger partial charge in [-0.25, -0.2) is 0 Å². The quantitative estimate of drug-likeness (QED) is 0.781. The molecule has 4 nitrogen and oxygen atoms in total. The Morgan fingerprint density at radius 3 is 2.94 bits per heavy atom. The van der Waals surface area contributed by atoms with Gasteiger partial charge in [-0.2, -0.15) is 5.10 Å². The highest BCUT2D eigenvalue weighted by atomic mass is 16.5. The zero-order chi connectivity index (χ0) is 11.9. The lowest BCUT2D eigenvalue weighted by Gasteiger charge is -2.41. The fourth-order valence-electron chi connectivity index (χ4n) is 3.37. The number of aliphatic hydroxyl groups excluding tert-OH is 1. The zero-order valence-corrected chi connectivity index (χ0v) is 10.3. The molecule has 1 unspecified atom stereocenters. The molecule has 1 aromatic rings. The lowest BCUT2D eigenvalue weighted by atomic mass is 9.67. The van der Waals surface area contributed by atoms with Crippen molar-refractivity contribution >= 4 is 0 Å². The summed E-state index contributed by atoms with van der Waals surface area (Å²) in [4.78, 5) is 0. The second kappa shape index (κ2) is 4.10. The Bertz CT molecular complexity index is 408. The van der Waals surface area contributed by atoms with Crippen molar-refractivity contribution in [1.29, 1.82) is 0 Å². The van der Waals surface area contributed by atoms with Gasteiger partial charge in [0.15, 0.2) is 0 Å². The van der Waals surface area contributed by atoms with E-state index in [2.05, 4.69) is 17.1 Å². The monoisotopic (exact) mass is 236 g/mol. The highest BCUT2D eigenvalue weighted by Crippen LogP contribution is 2.47. The summed E-state index contributed by atoms with van der Waals surface area (Å²) in [6.07, 6.45) is 4.56. The van der Waals surface area contributed by atoms with Gasteiger partial charge in [-0.3, -0.25) is 5.10 Å². The van der Waals surface area contributed by atoms with E-state index in [0.29, 0.717) is 0 Å². The molecule has 0 radical (unpaired) electrons. The summed E-state index contributed by atoms with van der Waals surface area (Å²) in [6.45, 7) is 3.75. The molecule has 1 saturated heterocycles. The first-order valence-corrected chi connectivity index (χ1v) is 6.56. The largest absolute Gasteiger partial charge is 0.388 e. The summed E-state index contributed by atoms with van der Waals surface area (Å²) in [6, 6.07) is 0. The van der Waals surface area contributed by atoms with E-state index in [1.165, 1.54) is 0 Å². The number of ether oxygens (including phenoxy) is 1. The molecule has 2 aliphatic rings. The number of aryl methyl sites for hydroxylation is 1. The van der Waals surface area contributed by atoms with E-state index < -0.39 is 0 Å². The molecule has 0 aromatic carbocycles. The number of nitrogens with zero attached hydrogens (tertiary/aromatic N) is 1. The van der Waals surface area contributed by atoms with Crippen molar-refractivity contribution in [2.75, 3.05) is 13.2 Å². The molecule has 1 aliphatic carbocycles. The molecule has 1 fully saturated rings. The fraction of sp³-hybridized carbons (Fsp3) is 0.769. The molecule has 94 valence electrons. The van der Waals surface area contributed by atoms with Gasteiger partial charge in [0.1, 0.15) is 0 Å². The minimum atomic E-state index is -0.342. The van der Waals surface area contributed by atoms with Gasteiger partial charge in [-0.05, 0) is 37.5 Å². The number of fused-ring (bicyclic) bond motifs is 1. The van der Waals surface area contributed by atoms with Crippen LogP contribution in [0.2, 0.25) is 0 Å². The van der Waals surface area contributed by atoms with Crippen LogP contribution >= 0.6 is 0 Å². The molecule has 2 N–H and O–H groups in total. The van der Waals surface area contributed by atoms with Gasteiger partial charge in [-0.1, -0.05) is 6.92 Å². The lowest BCUT2D eigenvalue weighted by Crippen LogP contribution is -2.36. The molecule has 1 aliphatic heterocycles. The van der Waals surface area contributed by atoms with Gasteiger partial charge in [0.2, 0.25) is 0 Å². The van der Waals surface area contributed by atoms with E-state index in [-0.39, 0.29) is 11.5 Å². The number of aromatic nitrogens is 2. The first kappa shape index (κ1) is 11.2. The summed E-state index contributed by atoms with van der Waals surface area (Å²) in [5, 5.41) is 17.8. The first-order valence-electron chi connectivity index (χ1n) is 6.56. The average molecular weight is 236 g/mol. The summed E-state index contributed by atoms with van der Waals surface area (Å²) in [7, 11) is 0. The smallest absolute Gasteiger partial charge is 0.0831 e. The zero-order valence-electron chi connectivity index (χ0n) is 10.3. The second-order valence-electron chi connectivity index (χ2n) is 5.43. The van der Waals surface area contributed by atoms with E-state index in [9.17, 15) is 5.11 Å². The van der Waals surface area contributed by atoms with Crippen LogP contribution < -0.4 is 0 Å². The maximum absolute atomic E-state index is 10.4. The molecular formula is C13H20N2O2. The summed E-state index contributed by atoms with van der Waals surface area (Å²) < 4.78 is 5.44. The number of aromatic amines is 1. The third-order valence-electron chi connectivity index (χ3n) is 4.36. The molecule has 1 atom stereocenters. The number of rotatable bonds is 1. The van der Waals surface area contributed by atoms with Gasteiger partial charge in [0, 0.05) is 24.5 Å². The maximum Gasteiger partial charge on any atom is 0.0831 e. The lowest BCUT2D eigenvalue weighted by molar-refractivity contribution is -0.0219. The summed E-state index contributed by atoms with van der Waals surface area (Å²) in [5.74, 6) is 0. The van der Waals surface area contributed by atoms with E-state index >= 15 is 0 Å². The van der Waals surface area contributed by atoms with Crippen LogP contribution in [0.5, 0.6) is 0 Å². The highest BCUT2D eigenvalue weighted by Gasteiger charge is 2.41. The molecule has 17 heavy (non-hydrogen) atoms. The van der Waals surface area contributed by atoms with Crippen LogP contribution in [0.25, 0.3) is 0 Å². The Labute approximate surface area is 101 Å². The van der Waals surface area contributed by atoms with Crippen LogP contribution in [0.4, 0.5) is 0 Å². The maximum atomic E-state index is 10.4. The Hall–Kier alpha value is -0.870. The number of hydrogen-bond acceptors (Lipinski definition) is 3. The highest BCUT2D eigenvalue weighted by molar-refractivity contribution is 5.32. The Morgan fingerprint density at radius 2 is 2.24 bits per heavy atom. The Kier molecular flexibility index (Phi) is 2.71. The molecule has 0 saturated carbocycles. The van der Waals surface area contributed by atoms with Crippen molar-refractivity contribution in [2.45, 2.75) is 45.1 Å². The Morgan fingerprint density at radius 1 is 1.47 bits per heavy atom. The molecule has 2 heterocycles. The van der Waals surface area contributed by atoms with Crippen LogP contribution in [-0.4, -0.2) is 28.5 Å². The molecule has 0 amide bonds. The molecule has 1 spiro atoms. The summed E-state index contributed by atoms with van der Waals surface area (Å²) >= 11 is 0. The van der Waals surface area contributed by atoms with Crippen molar-refractivity contribution in [2.24, 2.45) is 5.41 Å². The standard InChI is InChI=1S/C13H20N2O2/c1-2-9-12-10(15-14-9)7-13(8-11(12)16)3-5-17-6-4-13/h11,16H,2-8H2,1H3,(H,14,15). The van der Waals surface area contributed by atoms with E-state index in [1.807, 2.05) is 0 Å². The number of aliphatic hydroxyl groups is 1. The normalized spacial score (nSPS) is 27.1. The van der Waals surface area contributed by atoms with Crippen LogP contribution in [0.1, 0.15) is 49.2 Å². The molecule has 0 bridgehead atoms. The fourth-order valence-corrected chi connectivity index (χ4v) is 3.37. The minimum Gasteiger partial charge on any atom is -0.388 e. The van der Waals surface area contributed by atoms with Crippen LogP contribution in [0.3, 0.4) is 0 Å². The Balaban J connectivity index is 1.92.